The van der Waals surface area contributed by atoms with Gasteiger partial charge in [-0.1, -0.05) is 62.4 Å². The quantitative estimate of drug-likeness (QED) is 0.377. The SMILES string of the molecule is CC1(C)/C(=C/C=C2\C=C([N+](=O)[O-])C=C([N+](=O)[O-])C2=O)N(Cc2ccccc2)c2ccccc21. The lowest BCUT2D eigenvalue weighted by molar-refractivity contribution is -0.431. The summed E-state index contributed by atoms with van der Waals surface area (Å²) in [5, 5.41) is 22.5. The van der Waals surface area contributed by atoms with E-state index in [9.17, 15) is 25.0 Å². The first-order valence-electron chi connectivity index (χ1n) is 10.3. The molecule has 1 heterocycles. The molecule has 0 atom stereocenters. The molecule has 1 aliphatic heterocycles. The van der Waals surface area contributed by atoms with Crippen molar-refractivity contribution in [2.24, 2.45) is 0 Å². The summed E-state index contributed by atoms with van der Waals surface area (Å²) >= 11 is 0. The molecule has 2 aromatic rings. The fraction of sp³-hybridized carbons (Fsp3) is 0.160. The van der Waals surface area contributed by atoms with Crippen molar-refractivity contribution < 1.29 is 14.6 Å². The Labute approximate surface area is 190 Å². The highest BCUT2D eigenvalue weighted by atomic mass is 16.6. The van der Waals surface area contributed by atoms with Crippen LogP contribution in [0.15, 0.2) is 102 Å². The molecule has 0 bridgehead atoms. The molecule has 1 aliphatic carbocycles. The van der Waals surface area contributed by atoms with Gasteiger partial charge in [-0.05, 0) is 29.3 Å². The first kappa shape index (κ1) is 21.9. The summed E-state index contributed by atoms with van der Waals surface area (Å²) in [6, 6.07) is 17.9. The number of hydrogen-bond donors (Lipinski definition) is 0. The van der Waals surface area contributed by atoms with Gasteiger partial charge >= 0.3 is 5.70 Å². The maximum Gasteiger partial charge on any atom is 0.323 e. The first-order valence-corrected chi connectivity index (χ1v) is 10.3. The van der Waals surface area contributed by atoms with Crippen LogP contribution in [0.2, 0.25) is 0 Å². The number of ketones is 1. The fourth-order valence-corrected chi connectivity index (χ4v) is 4.23. The summed E-state index contributed by atoms with van der Waals surface area (Å²) in [6.07, 6.45) is 4.93. The molecule has 8 nitrogen and oxygen atoms in total. The molecule has 4 rings (SSSR count). The highest BCUT2D eigenvalue weighted by Gasteiger charge is 2.40. The molecule has 0 unspecified atom stereocenters. The fourth-order valence-electron chi connectivity index (χ4n) is 4.23. The van der Waals surface area contributed by atoms with Crippen molar-refractivity contribution in [1.29, 1.82) is 0 Å². The Hall–Kier alpha value is -4.33. The number of nitro groups is 2. The molecule has 0 fully saturated rings. The van der Waals surface area contributed by atoms with Crippen LogP contribution in [0.4, 0.5) is 5.69 Å². The van der Waals surface area contributed by atoms with E-state index in [1.54, 1.807) is 6.08 Å². The van der Waals surface area contributed by atoms with E-state index in [2.05, 4.69) is 18.7 Å². The molecule has 2 aliphatic rings. The van der Waals surface area contributed by atoms with Crippen LogP contribution in [0.3, 0.4) is 0 Å². The summed E-state index contributed by atoms with van der Waals surface area (Å²) < 4.78 is 0. The van der Waals surface area contributed by atoms with Gasteiger partial charge in [-0.25, -0.2) is 0 Å². The molecule has 0 saturated heterocycles. The number of benzene rings is 2. The zero-order valence-electron chi connectivity index (χ0n) is 18.1. The van der Waals surface area contributed by atoms with Crippen LogP contribution in [-0.2, 0) is 16.8 Å². The molecule has 0 saturated carbocycles. The van der Waals surface area contributed by atoms with Gasteiger partial charge in [-0.2, -0.15) is 0 Å². The second-order valence-electron chi connectivity index (χ2n) is 8.33. The molecule has 166 valence electrons. The Morgan fingerprint density at radius 1 is 0.909 bits per heavy atom. The first-order chi connectivity index (χ1) is 15.7. The van der Waals surface area contributed by atoms with E-state index in [1.165, 1.54) is 6.08 Å². The van der Waals surface area contributed by atoms with Crippen LogP contribution in [0.5, 0.6) is 0 Å². The minimum Gasteiger partial charge on any atom is -0.340 e. The Bertz CT molecular complexity index is 1290. The molecule has 33 heavy (non-hydrogen) atoms. The van der Waals surface area contributed by atoms with E-state index in [0.717, 1.165) is 28.6 Å². The average Bonchev–Trinajstić information content (AvgIpc) is 3.00. The zero-order valence-corrected chi connectivity index (χ0v) is 18.1. The number of anilines is 1. The third kappa shape index (κ3) is 3.98. The van der Waals surface area contributed by atoms with Crippen LogP contribution >= 0.6 is 0 Å². The lowest BCUT2D eigenvalue weighted by Gasteiger charge is -2.27. The average molecular weight is 443 g/mol. The largest absolute Gasteiger partial charge is 0.340 e. The number of carbonyl (C=O) groups is 1. The summed E-state index contributed by atoms with van der Waals surface area (Å²) in [4.78, 5) is 35.6. The topological polar surface area (TPSA) is 107 Å². The molecule has 0 spiro atoms. The van der Waals surface area contributed by atoms with Gasteiger partial charge in [0.05, 0.1) is 15.9 Å². The van der Waals surface area contributed by atoms with Crippen molar-refractivity contribution in [2.45, 2.75) is 25.8 Å². The summed E-state index contributed by atoms with van der Waals surface area (Å²) in [7, 11) is 0. The van der Waals surface area contributed by atoms with Gasteiger partial charge in [0, 0.05) is 35.0 Å². The number of carbonyl (C=O) groups excluding carboxylic acids is 1. The highest BCUT2D eigenvalue weighted by Crippen LogP contribution is 2.48. The van der Waals surface area contributed by atoms with Crippen LogP contribution in [0.1, 0.15) is 25.0 Å². The van der Waals surface area contributed by atoms with E-state index in [1.807, 2.05) is 54.6 Å². The second kappa shape index (κ2) is 8.31. The van der Waals surface area contributed by atoms with E-state index in [0.29, 0.717) is 12.6 Å². The van der Waals surface area contributed by atoms with Gasteiger partial charge in [0.1, 0.15) is 0 Å². The van der Waals surface area contributed by atoms with Crippen LogP contribution < -0.4 is 4.90 Å². The molecule has 0 N–H and O–H groups in total. The molecular weight excluding hydrogens is 422 g/mol. The summed E-state index contributed by atoms with van der Waals surface area (Å²) in [5.74, 6) is -0.856. The van der Waals surface area contributed by atoms with Gasteiger partial charge in [0.2, 0.25) is 0 Å². The maximum absolute atomic E-state index is 12.6. The molecular formula is C25H21N3O5. The molecule has 2 aromatic carbocycles. The van der Waals surface area contributed by atoms with Crippen LogP contribution in [-0.4, -0.2) is 15.6 Å². The maximum atomic E-state index is 12.6. The molecule has 0 radical (unpaired) electrons. The van der Waals surface area contributed by atoms with Crippen molar-refractivity contribution in [3.63, 3.8) is 0 Å². The number of allylic oxidation sites excluding steroid dienone is 6. The monoisotopic (exact) mass is 443 g/mol. The highest BCUT2D eigenvalue weighted by molar-refractivity contribution is 6.10. The van der Waals surface area contributed by atoms with Crippen molar-refractivity contribution in [2.75, 3.05) is 4.90 Å². The van der Waals surface area contributed by atoms with E-state index >= 15 is 0 Å². The van der Waals surface area contributed by atoms with Gasteiger partial charge in [-0.3, -0.25) is 25.0 Å². The van der Waals surface area contributed by atoms with Gasteiger partial charge in [0.15, 0.2) is 0 Å². The van der Waals surface area contributed by atoms with Crippen molar-refractivity contribution in [3.8, 4) is 0 Å². The molecule has 0 aromatic heterocycles. The standard InChI is InChI=1S/C25H21N3O5/c1-25(2)20-10-6-7-11-21(20)26(16-17-8-4-3-5-9-17)23(25)13-12-18-14-19(27(30)31)15-22(24(18)29)28(32)33/h3-15H,16H2,1-2H3/b18-12+,23-13-. The van der Waals surface area contributed by atoms with Crippen LogP contribution in [0.25, 0.3) is 0 Å². The minimum atomic E-state index is -0.892. The smallest absolute Gasteiger partial charge is 0.323 e. The second-order valence-corrected chi connectivity index (χ2v) is 8.33. The Morgan fingerprint density at radius 2 is 1.58 bits per heavy atom. The predicted octanol–water partition coefficient (Wildman–Crippen LogP) is 4.70. The molecule has 0 amide bonds. The number of para-hydroxylation sites is 1. The number of hydrogen-bond acceptors (Lipinski definition) is 6. The van der Waals surface area contributed by atoms with Crippen molar-refractivity contribution >= 4 is 11.5 Å². The van der Waals surface area contributed by atoms with E-state index in [-0.39, 0.29) is 5.57 Å². The number of fused-ring (bicyclic) bond motifs is 1. The van der Waals surface area contributed by atoms with Crippen LogP contribution in [0, 0.1) is 20.2 Å². The number of Topliss-reactive ketones (excluding diaryl/α,β-unsaturated/α-hetero) is 1. The van der Waals surface area contributed by atoms with Crippen molar-refractivity contribution in [3.05, 3.63) is 133 Å². The van der Waals surface area contributed by atoms with Gasteiger partial charge in [-0.15, -0.1) is 0 Å². The Kier molecular flexibility index (Phi) is 5.51. The lowest BCUT2D eigenvalue weighted by atomic mass is 9.83. The minimum absolute atomic E-state index is 0.102. The third-order valence-corrected chi connectivity index (χ3v) is 5.89. The zero-order chi connectivity index (χ0) is 23.8. The Balaban J connectivity index is 1.81. The third-order valence-electron chi connectivity index (χ3n) is 5.89. The van der Waals surface area contributed by atoms with Gasteiger partial charge in [0.25, 0.3) is 11.5 Å². The number of nitrogens with zero attached hydrogens (tertiary/aromatic N) is 3. The lowest BCUT2D eigenvalue weighted by Crippen LogP contribution is -2.26. The summed E-state index contributed by atoms with van der Waals surface area (Å²) in [5.41, 5.74) is 2.26. The Morgan fingerprint density at radius 3 is 2.24 bits per heavy atom. The predicted molar refractivity (Wildman–Crippen MR) is 123 cm³/mol. The number of rotatable bonds is 5. The molecule has 8 heteroatoms. The van der Waals surface area contributed by atoms with Gasteiger partial charge < -0.3 is 4.90 Å². The summed E-state index contributed by atoms with van der Waals surface area (Å²) in [6.45, 7) is 4.70. The van der Waals surface area contributed by atoms with E-state index in [4.69, 9.17) is 0 Å². The van der Waals surface area contributed by atoms with Crippen molar-refractivity contribution in [1.82, 2.24) is 0 Å². The van der Waals surface area contributed by atoms with E-state index < -0.39 is 32.4 Å². The normalized spacial score (nSPS) is 19.3.